The fourth-order valence-corrected chi connectivity index (χ4v) is 3.66. The Labute approximate surface area is 176 Å². The van der Waals surface area contributed by atoms with Crippen LogP contribution in [0.5, 0.6) is 11.5 Å². The van der Waals surface area contributed by atoms with Gasteiger partial charge in [-0.3, -0.25) is 0 Å². The number of aromatic nitrogens is 1. The number of ether oxygens (including phenoxy) is 3. The van der Waals surface area contributed by atoms with Crippen molar-refractivity contribution < 1.29 is 23.4 Å². The Kier molecular flexibility index (Phi) is 5.49. The summed E-state index contributed by atoms with van der Waals surface area (Å²) in [5.74, 6) is 1.80. The van der Waals surface area contributed by atoms with E-state index in [2.05, 4.69) is 20.5 Å². The zero-order valence-electron chi connectivity index (χ0n) is 16.1. The molecule has 0 atom stereocenters. The molecule has 0 fully saturated rings. The molecule has 2 aromatic heterocycles. The molecular formula is C22H20BrNO5. The van der Waals surface area contributed by atoms with E-state index in [1.807, 2.05) is 44.2 Å². The summed E-state index contributed by atoms with van der Waals surface area (Å²) in [6, 6.07) is 9.48. The molecule has 0 amide bonds. The van der Waals surface area contributed by atoms with Crippen molar-refractivity contribution in [3.63, 3.8) is 0 Å². The van der Waals surface area contributed by atoms with Crippen LogP contribution >= 0.6 is 15.9 Å². The van der Waals surface area contributed by atoms with Crippen molar-refractivity contribution in [1.29, 1.82) is 0 Å². The Morgan fingerprint density at radius 3 is 2.79 bits per heavy atom. The van der Waals surface area contributed by atoms with Gasteiger partial charge in [0.15, 0.2) is 11.5 Å². The number of aryl methyl sites for hydroxylation is 1. The van der Waals surface area contributed by atoms with E-state index in [4.69, 9.17) is 18.6 Å². The van der Waals surface area contributed by atoms with Crippen LogP contribution in [0.1, 0.15) is 28.3 Å². The number of benzene rings is 1. The summed E-state index contributed by atoms with van der Waals surface area (Å²) in [6.07, 6.45) is 4.89. The zero-order chi connectivity index (χ0) is 20.4. The van der Waals surface area contributed by atoms with E-state index in [9.17, 15) is 4.79 Å². The second-order valence-corrected chi connectivity index (χ2v) is 7.58. The maximum Gasteiger partial charge on any atom is 0.331 e. The molecule has 0 saturated heterocycles. The lowest BCUT2D eigenvalue weighted by Crippen LogP contribution is -2.03. The SMILES string of the molecule is Cc1cc(/C=C/C(=O)OCc2cc3c(cc2Br)OCO3)c(C)n1Cc1ccco1. The number of esters is 1. The normalized spacial score (nSPS) is 12.7. The van der Waals surface area contributed by atoms with Crippen LogP contribution in [0.3, 0.4) is 0 Å². The maximum atomic E-state index is 12.2. The van der Waals surface area contributed by atoms with Crippen molar-refractivity contribution in [1.82, 2.24) is 4.57 Å². The molecule has 1 aliphatic rings. The molecule has 0 radical (unpaired) electrons. The van der Waals surface area contributed by atoms with Gasteiger partial charge >= 0.3 is 5.97 Å². The van der Waals surface area contributed by atoms with Gasteiger partial charge in [-0.05, 0) is 55.8 Å². The molecule has 0 aliphatic carbocycles. The molecule has 7 heteroatoms. The molecule has 0 unspecified atom stereocenters. The number of rotatable bonds is 6. The van der Waals surface area contributed by atoms with Gasteiger partial charge in [-0.15, -0.1) is 0 Å². The first kappa shape index (κ1) is 19.4. The quantitative estimate of drug-likeness (QED) is 0.385. The third-order valence-electron chi connectivity index (χ3n) is 4.82. The predicted molar refractivity (Wildman–Crippen MR) is 111 cm³/mol. The van der Waals surface area contributed by atoms with Crippen LogP contribution in [0.15, 0.2) is 51.6 Å². The van der Waals surface area contributed by atoms with Crippen LogP contribution in [0, 0.1) is 13.8 Å². The standard InChI is InChI=1S/C22H20BrNO5/c1-14-8-16(15(2)24(14)11-18-4-3-7-26-18)5-6-22(25)27-12-17-9-20-21(10-19(17)23)29-13-28-20/h3-10H,11-13H2,1-2H3/b6-5+. The summed E-state index contributed by atoms with van der Waals surface area (Å²) in [5, 5.41) is 0. The Morgan fingerprint density at radius 2 is 2.03 bits per heavy atom. The molecule has 0 bridgehead atoms. The lowest BCUT2D eigenvalue weighted by Gasteiger charge is -2.07. The van der Waals surface area contributed by atoms with Gasteiger partial charge in [-0.25, -0.2) is 4.79 Å². The van der Waals surface area contributed by atoms with Crippen LogP contribution in [0.25, 0.3) is 6.08 Å². The van der Waals surface area contributed by atoms with E-state index in [0.29, 0.717) is 18.0 Å². The van der Waals surface area contributed by atoms with E-state index < -0.39 is 5.97 Å². The van der Waals surface area contributed by atoms with Crippen LogP contribution < -0.4 is 9.47 Å². The number of hydrogen-bond donors (Lipinski definition) is 0. The third kappa shape index (κ3) is 4.24. The van der Waals surface area contributed by atoms with Crippen LogP contribution in [0.2, 0.25) is 0 Å². The Balaban J connectivity index is 1.40. The highest BCUT2D eigenvalue weighted by atomic mass is 79.9. The minimum atomic E-state index is -0.412. The fourth-order valence-electron chi connectivity index (χ4n) is 3.22. The molecule has 0 N–H and O–H groups in total. The first-order valence-electron chi connectivity index (χ1n) is 9.13. The van der Waals surface area contributed by atoms with Crippen molar-refractivity contribution in [3.05, 3.63) is 75.4 Å². The summed E-state index contributed by atoms with van der Waals surface area (Å²) < 4.78 is 24.5. The Morgan fingerprint density at radius 1 is 1.24 bits per heavy atom. The molecule has 1 aliphatic heterocycles. The van der Waals surface area contributed by atoms with Crippen molar-refractivity contribution in [2.75, 3.05) is 6.79 Å². The monoisotopic (exact) mass is 457 g/mol. The Hall–Kier alpha value is -2.93. The van der Waals surface area contributed by atoms with Gasteiger partial charge in [-0.2, -0.15) is 0 Å². The lowest BCUT2D eigenvalue weighted by molar-refractivity contribution is -0.138. The summed E-state index contributed by atoms with van der Waals surface area (Å²) in [6.45, 7) is 5.04. The molecule has 1 aromatic carbocycles. The second kappa shape index (κ2) is 8.21. The number of halogens is 1. The summed E-state index contributed by atoms with van der Waals surface area (Å²) in [4.78, 5) is 12.2. The van der Waals surface area contributed by atoms with Gasteiger partial charge in [0.25, 0.3) is 0 Å². The third-order valence-corrected chi connectivity index (χ3v) is 5.56. The van der Waals surface area contributed by atoms with E-state index in [0.717, 1.165) is 32.7 Å². The average molecular weight is 458 g/mol. The smallest absolute Gasteiger partial charge is 0.331 e. The van der Waals surface area contributed by atoms with Crippen molar-refractivity contribution in [3.8, 4) is 11.5 Å². The summed E-state index contributed by atoms with van der Waals surface area (Å²) >= 11 is 3.46. The Bertz CT molecular complexity index is 1070. The van der Waals surface area contributed by atoms with E-state index in [1.54, 1.807) is 12.3 Å². The summed E-state index contributed by atoms with van der Waals surface area (Å²) in [7, 11) is 0. The molecule has 4 rings (SSSR count). The number of nitrogens with zero attached hydrogens (tertiary/aromatic N) is 1. The first-order valence-corrected chi connectivity index (χ1v) is 9.92. The van der Waals surface area contributed by atoms with Crippen LogP contribution in [-0.2, 0) is 22.7 Å². The van der Waals surface area contributed by atoms with Crippen molar-refractivity contribution in [2.24, 2.45) is 0 Å². The molecule has 0 saturated carbocycles. The predicted octanol–water partition coefficient (Wildman–Crippen LogP) is 4.99. The number of carbonyl (C=O) groups excluding carboxylic acids is 1. The van der Waals surface area contributed by atoms with E-state index in [1.165, 1.54) is 6.08 Å². The number of hydrogen-bond acceptors (Lipinski definition) is 5. The minimum Gasteiger partial charge on any atom is -0.467 e. The number of carbonyl (C=O) groups is 1. The van der Waals surface area contributed by atoms with Crippen LogP contribution in [-0.4, -0.2) is 17.3 Å². The largest absolute Gasteiger partial charge is 0.467 e. The average Bonchev–Trinajstić information content (AvgIpc) is 3.42. The molecule has 0 spiro atoms. The van der Waals surface area contributed by atoms with Gasteiger partial charge < -0.3 is 23.2 Å². The van der Waals surface area contributed by atoms with Crippen LogP contribution in [0.4, 0.5) is 0 Å². The molecule has 3 aromatic rings. The fraction of sp³-hybridized carbons (Fsp3) is 0.227. The first-order chi connectivity index (χ1) is 14.0. The van der Waals surface area contributed by atoms with Gasteiger partial charge in [-0.1, -0.05) is 15.9 Å². The molecule has 6 nitrogen and oxygen atoms in total. The van der Waals surface area contributed by atoms with Gasteiger partial charge in [0.05, 0.1) is 12.8 Å². The van der Waals surface area contributed by atoms with Crippen molar-refractivity contribution >= 4 is 28.0 Å². The lowest BCUT2D eigenvalue weighted by atomic mass is 10.2. The van der Waals surface area contributed by atoms with Gasteiger partial charge in [0.2, 0.25) is 6.79 Å². The molecule has 150 valence electrons. The topological polar surface area (TPSA) is 62.8 Å². The number of fused-ring (bicyclic) bond motifs is 1. The highest BCUT2D eigenvalue weighted by molar-refractivity contribution is 9.10. The maximum absolute atomic E-state index is 12.2. The summed E-state index contributed by atoms with van der Waals surface area (Å²) in [5.41, 5.74) is 3.93. The molecule has 3 heterocycles. The number of furan rings is 1. The minimum absolute atomic E-state index is 0.137. The van der Waals surface area contributed by atoms with Crippen molar-refractivity contribution in [2.45, 2.75) is 27.0 Å². The molecule has 29 heavy (non-hydrogen) atoms. The highest BCUT2D eigenvalue weighted by Crippen LogP contribution is 2.37. The second-order valence-electron chi connectivity index (χ2n) is 6.73. The zero-order valence-corrected chi connectivity index (χ0v) is 17.7. The van der Waals surface area contributed by atoms with Gasteiger partial charge in [0, 0.05) is 27.5 Å². The van der Waals surface area contributed by atoms with E-state index >= 15 is 0 Å². The van der Waals surface area contributed by atoms with E-state index in [-0.39, 0.29) is 13.4 Å². The highest BCUT2D eigenvalue weighted by Gasteiger charge is 2.17. The van der Waals surface area contributed by atoms with Gasteiger partial charge in [0.1, 0.15) is 12.4 Å². The molecular weight excluding hydrogens is 438 g/mol.